The molecular formula is C43H31N3. The molecule has 0 aliphatic heterocycles. The molecule has 1 aliphatic rings. The van der Waals surface area contributed by atoms with Crippen LogP contribution in [0.15, 0.2) is 152 Å². The Hall–Kier alpha value is -5.80. The zero-order valence-electron chi connectivity index (χ0n) is 25.5. The van der Waals surface area contributed by atoms with Gasteiger partial charge in [-0.3, -0.25) is 4.57 Å². The fourth-order valence-electron chi connectivity index (χ4n) is 7.41. The molecule has 46 heavy (non-hydrogen) atoms. The minimum Gasteiger partial charge on any atom is -0.292 e. The highest BCUT2D eigenvalue weighted by Crippen LogP contribution is 2.48. The molecule has 9 rings (SSSR count). The van der Waals surface area contributed by atoms with Gasteiger partial charge >= 0.3 is 0 Å². The average Bonchev–Trinajstić information content (AvgIpc) is 3.44. The van der Waals surface area contributed by atoms with Gasteiger partial charge in [0, 0.05) is 28.2 Å². The summed E-state index contributed by atoms with van der Waals surface area (Å²) in [6.07, 6.45) is 2.29. The minimum absolute atomic E-state index is 0.115. The van der Waals surface area contributed by atoms with Crippen LogP contribution < -0.4 is 0 Å². The molecule has 0 bridgehead atoms. The maximum Gasteiger partial charge on any atom is 0.165 e. The van der Waals surface area contributed by atoms with Crippen LogP contribution in [0.3, 0.4) is 0 Å². The number of para-hydroxylation sites is 1. The highest BCUT2D eigenvalue weighted by molar-refractivity contribution is 6.13. The van der Waals surface area contributed by atoms with E-state index in [2.05, 4.69) is 169 Å². The third-order valence-corrected chi connectivity index (χ3v) is 9.56. The van der Waals surface area contributed by atoms with Crippen molar-refractivity contribution in [3.63, 3.8) is 0 Å². The maximum atomic E-state index is 5.59. The van der Waals surface area contributed by atoms with Crippen molar-refractivity contribution in [2.75, 3.05) is 0 Å². The van der Waals surface area contributed by atoms with E-state index in [1.165, 1.54) is 38.2 Å². The average molecular weight is 590 g/mol. The van der Waals surface area contributed by atoms with Gasteiger partial charge in [0.15, 0.2) is 5.82 Å². The molecule has 0 radical (unpaired) electrons. The molecule has 0 amide bonds. The molecular weight excluding hydrogens is 558 g/mol. The van der Waals surface area contributed by atoms with Gasteiger partial charge in [0.25, 0.3) is 0 Å². The van der Waals surface area contributed by atoms with Gasteiger partial charge in [0.05, 0.1) is 22.4 Å². The smallest absolute Gasteiger partial charge is 0.165 e. The third kappa shape index (κ3) is 4.20. The lowest BCUT2D eigenvalue weighted by Crippen LogP contribution is -2.20. The van der Waals surface area contributed by atoms with Gasteiger partial charge in [0.1, 0.15) is 5.69 Å². The first-order valence-electron chi connectivity index (χ1n) is 16.0. The SMILES string of the molecule is CC1c2nc(-c3ccccc3)c(-n3c4ccccc4c4cc5ccccc5cc43)nc2C=C(c2ccccc2)C1c1ccccc1. The summed E-state index contributed by atoms with van der Waals surface area (Å²) in [6, 6.07) is 54.0. The Labute approximate surface area is 268 Å². The molecule has 2 heterocycles. The van der Waals surface area contributed by atoms with Gasteiger partial charge in [-0.05, 0) is 51.7 Å². The van der Waals surface area contributed by atoms with E-state index in [0.29, 0.717) is 0 Å². The highest BCUT2D eigenvalue weighted by Gasteiger charge is 2.34. The quantitative estimate of drug-likeness (QED) is 0.204. The van der Waals surface area contributed by atoms with Gasteiger partial charge in [-0.15, -0.1) is 0 Å². The fraction of sp³-hybridized carbons (Fsp3) is 0.0698. The molecule has 8 aromatic rings. The number of hydrogen-bond donors (Lipinski definition) is 0. The summed E-state index contributed by atoms with van der Waals surface area (Å²) in [5.41, 5.74) is 9.94. The van der Waals surface area contributed by atoms with E-state index in [4.69, 9.17) is 9.97 Å². The van der Waals surface area contributed by atoms with Crippen LogP contribution in [0.1, 0.15) is 41.3 Å². The number of benzene rings is 6. The number of fused-ring (bicyclic) bond motifs is 5. The predicted molar refractivity (Wildman–Crippen MR) is 191 cm³/mol. The first-order chi connectivity index (χ1) is 22.7. The molecule has 1 aliphatic carbocycles. The zero-order valence-corrected chi connectivity index (χ0v) is 25.5. The molecule has 2 atom stereocenters. The van der Waals surface area contributed by atoms with Crippen LogP contribution in [-0.4, -0.2) is 14.5 Å². The summed E-state index contributed by atoms with van der Waals surface area (Å²) >= 11 is 0. The van der Waals surface area contributed by atoms with E-state index in [1.54, 1.807) is 0 Å². The summed E-state index contributed by atoms with van der Waals surface area (Å²) in [4.78, 5) is 11.2. The largest absolute Gasteiger partial charge is 0.292 e. The fourth-order valence-corrected chi connectivity index (χ4v) is 7.41. The highest BCUT2D eigenvalue weighted by atomic mass is 15.1. The number of nitrogens with zero attached hydrogens (tertiary/aromatic N) is 3. The Bertz CT molecular complexity index is 2420. The monoisotopic (exact) mass is 589 g/mol. The first-order valence-corrected chi connectivity index (χ1v) is 16.0. The van der Waals surface area contributed by atoms with Crippen molar-refractivity contribution in [3.05, 3.63) is 174 Å². The van der Waals surface area contributed by atoms with Crippen LogP contribution in [0.4, 0.5) is 0 Å². The number of rotatable bonds is 4. The van der Waals surface area contributed by atoms with Gasteiger partial charge in [-0.1, -0.05) is 140 Å². The van der Waals surface area contributed by atoms with Crippen LogP contribution in [0.2, 0.25) is 0 Å². The number of allylic oxidation sites excluding steroid dienone is 1. The van der Waals surface area contributed by atoms with Crippen molar-refractivity contribution >= 4 is 44.2 Å². The molecule has 218 valence electrons. The summed E-state index contributed by atoms with van der Waals surface area (Å²) in [5.74, 6) is 1.11. The molecule has 6 aromatic carbocycles. The molecule has 0 spiro atoms. The summed E-state index contributed by atoms with van der Waals surface area (Å²) in [7, 11) is 0. The van der Waals surface area contributed by atoms with Crippen molar-refractivity contribution in [2.45, 2.75) is 18.8 Å². The van der Waals surface area contributed by atoms with Gasteiger partial charge in [0.2, 0.25) is 0 Å². The van der Waals surface area contributed by atoms with Gasteiger partial charge in [-0.2, -0.15) is 0 Å². The van der Waals surface area contributed by atoms with E-state index in [-0.39, 0.29) is 11.8 Å². The summed E-state index contributed by atoms with van der Waals surface area (Å²) in [6.45, 7) is 2.31. The lowest BCUT2D eigenvalue weighted by atomic mass is 9.73. The Morgan fingerprint density at radius 2 is 1.15 bits per heavy atom. The Kier molecular flexibility index (Phi) is 6.17. The molecule has 0 saturated heterocycles. The normalized spacial score (nSPS) is 16.1. The molecule has 0 N–H and O–H groups in total. The van der Waals surface area contributed by atoms with Gasteiger partial charge < -0.3 is 0 Å². The van der Waals surface area contributed by atoms with E-state index >= 15 is 0 Å². The van der Waals surface area contributed by atoms with Crippen LogP contribution in [-0.2, 0) is 0 Å². The van der Waals surface area contributed by atoms with Crippen molar-refractivity contribution in [2.24, 2.45) is 0 Å². The Morgan fingerprint density at radius 3 is 1.89 bits per heavy atom. The van der Waals surface area contributed by atoms with Crippen molar-refractivity contribution in [3.8, 4) is 17.1 Å². The van der Waals surface area contributed by atoms with Crippen LogP contribution in [0, 0.1) is 0 Å². The van der Waals surface area contributed by atoms with Crippen molar-refractivity contribution in [1.82, 2.24) is 14.5 Å². The van der Waals surface area contributed by atoms with Crippen LogP contribution >= 0.6 is 0 Å². The molecule has 3 nitrogen and oxygen atoms in total. The second-order valence-electron chi connectivity index (χ2n) is 12.2. The van der Waals surface area contributed by atoms with E-state index in [1.807, 2.05) is 0 Å². The summed E-state index contributed by atoms with van der Waals surface area (Å²) in [5, 5.41) is 4.86. The number of hydrogen-bond acceptors (Lipinski definition) is 2. The molecule has 2 unspecified atom stereocenters. The van der Waals surface area contributed by atoms with E-state index in [9.17, 15) is 0 Å². The second kappa shape index (κ2) is 10.7. The predicted octanol–water partition coefficient (Wildman–Crippen LogP) is 10.8. The Balaban J connectivity index is 1.38. The van der Waals surface area contributed by atoms with E-state index < -0.39 is 0 Å². The topological polar surface area (TPSA) is 30.7 Å². The standard InChI is InChI=1S/C43H31N3/c1-28-40(30-17-7-3-8-18-30)35(29-15-5-2-6-16-29)27-37-41(28)45-42(31-19-9-4-10-20-31)43(44-37)46-38-24-14-13-23-34(38)36-25-32-21-11-12-22-33(32)26-39(36)46/h2-28,40H,1H3. The van der Waals surface area contributed by atoms with Crippen LogP contribution in [0.25, 0.3) is 61.3 Å². The Morgan fingerprint density at radius 1 is 0.543 bits per heavy atom. The molecule has 3 heteroatoms. The summed E-state index contributed by atoms with van der Waals surface area (Å²) < 4.78 is 2.33. The minimum atomic E-state index is 0.115. The van der Waals surface area contributed by atoms with Crippen LogP contribution in [0.5, 0.6) is 0 Å². The lowest BCUT2D eigenvalue weighted by molar-refractivity contribution is 0.655. The zero-order chi connectivity index (χ0) is 30.6. The third-order valence-electron chi connectivity index (χ3n) is 9.56. The molecule has 0 fully saturated rings. The van der Waals surface area contributed by atoms with Gasteiger partial charge in [-0.25, -0.2) is 9.97 Å². The van der Waals surface area contributed by atoms with Crippen molar-refractivity contribution < 1.29 is 0 Å². The van der Waals surface area contributed by atoms with E-state index in [0.717, 1.165) is 39.5 Å². The number of aromatic nitrogens is 3. The van der Waals surface area contributed by atoms with Crippen molar-refractivity contribution in [1.29, 1.82) is 0 Å². The second-order valence-corrected chi connectivity index (χ2v) is 12.2. The lowest BCUT2D eigenvalue weighted by Gasteiger charge is -2.32. The maximum absolute atomic E-state index is 5.59. The molecule has 0 saturated carbocycles. The first kappa shape index (κ1) is 26.6. The molecule has 2 aromatic heterocycles.